The largest absolute Gasteiger partial charge is 0.369 e. The van der Waals surface area contributed by atoms with E-state index in [1.54, 1.807) is 17.0 Å². The van der Waals surface area contributed by atoms with Gasteiger partial charge < -0.3 is 16.0 Å². The first-order valence-corrected chi connectivity index (χ1v) is 18.2. The summed E-state index contributed by atoms with van der Waals surface area (Å²) in [6.07, 6.45) is 4.79. The molecule has 3 N–H and O–H groups in total. The number of nitrogens with two attached hydrogens (primary N) is 1. The van der Waals surface area contributed by atoms with Crippen molar-refractivity contribution >= 4 is 52.3 Å². The number of nitrogens with zero attached hydrogens (tertiary/aromatic N) is 2. The normalized spacial score (nSPS) is 17.4. The Morgan fingerprint density at radius 2 is 1.60 bits per heavy atom. The standard InChI is InChI=1S/C41H42Cl2N4O3/c1-2-11-32(38(44)48)34(23-26-12-6-7-13-26)40(49)46-39-41(50)47(25-27-14-10-17-29(22-27)31-21-20-30(42)24-35(31)43)36-19-9-8-18-33(36)37(45-39)28-15-4-3-5-16-28/h3-5,8-10,14-22,24,26,32,34,39H,2,6-7,11-13,23,25H2,1H3,(H2,44,48)(H,46,49). The quantitative estimate of drug-likeness (QED) is 0.154. The number of rotatable bonds is 12. The Kier molecular flexibility index (Phi) is 11.4. The zero-order valence-electron chi connectivity index (χ0n) is 28.2. The molecule has 9 heteroatoms. The molecule has 0 radical (unpaired) electrons. The number of aliphatic imine (C=N–C) groups is 1. The lowest BCUT2D eigenvalue weighted by molar-refractivity contribution is -0.136. The van der Waals surface area contributed by atoms with Gasteiger partial charge in [0.05, 0.1) is 17.9 Å². The first-order valence-electron chi connectivity index (χ1n) is 17.4. The minimum Gasteiger partial charge on any atom is -0.369 e. The summed E-state index contributed by atoms with van der Waals surface area (Å²) in [6, 6.07) is 30.6. The summed E-state index contributed by atoms with van der Waals surface area (Å²) < 4.78 is 0. The fourth-order valence-corrected chi connectivity index (χ4v) is 7.93. The first kappa shape index (κ1) is 35.4. The van der Waals surface area contributed by atoms with E-state index in [-0.39, 0.29) is 18.4 Å². The van der Waals surface area contributed by atoms with Gasteiger partial charge in [-0.25, -0.2) is 4.99 Å². The van der Waals surface area contributed by atoms with Gasteiger partial charge in [-0.15, -0.1) is 0 Å². The van der Waals surface area contributed by atoms with Crippen molar-refractivity contribution in [3.63, 3.8) is 0 Å². The number of primary amides is 1. The summed E-state index contributed by atoms with van der Waals surface area (Å²) in [7, 11) is 0. The molecule has 2 aliphatic rings. The number of benzodiazepines with no additional fused rings is 1. The summed E-state index contributed by atoms with van der Waals surface area (Å²) >= 11 is 12.7. The second kappa shape index (κ2) is 16.0. The van der Waals surface area contributed by atoms with Crippen molar-refractivity contribution in [3.05, 3.63) is 124 Å². The maximum absolute atomic E-state index is 14.7. The van der Waals surface area contributed by atoms with Gasteiger partial charge in [0.15, 0.2) is 0 Å². The molecule has 1 saturated carbocycles. The Morgan fingerprint density at radius 3 is 2.32 bits per heavy atom. The lowest BCUT2D eigenvalue weighted by atomic mass is 9.80. The number of fused-ring (bicyclic) bond motifs is 1. The van der Waals surface area contributed by atoms with Crippen molar-refractivity contribution in [3.8, 4) is 11.1 Å². The van der Waals surface area contributed by atoms with Gasteiger partial charge in [0.25, 0.3) is 5.91 Å². The summed E-state index contributed by atoms with van der Waals surface area (Å²) in [5, 5.41) is 4.10. The number of benzene rings is 4. The summed E-state index contributed by atoms with van der Waals surface area (Å²) in [5.41, 5.74) is 11.3. The number of nitrogens with one attached hydrogen (secondary N) is 1. The van der Waals surface area contributed by atoms with Gasteiger partial charge in [-0.1, -0.05) is 135 Å². The minimum atomic E-state index is -1.24. The highest BCUT2D eigenvalue weighted by molar-refractivity contribution is 6.36. The smallest absolute Gasteiger partial charge is 0.272 e. The van der Waals surface area contributed by atoms with E-state index in [4.69, 9.17) is 33.9 Å². The van der Waals surface area contributed by atoms with Crippen molar-refractivity contribution in [1.29, 1.82) is 0 Å². The molecule has 0 bridgehead atoms. The Hall–Kier alpha value is -4.46. The topological polar surface area (TPSA) is 105 Å². The number of anilines is 1. The molecule has 3 atom stereocenters. The van der Waals surface area contributed by atoms with Crippen LogP contribution in [0.5, 0.6) is 0 Å². The van der Waals surface area contributed by atoms with E-state index in [1.807, 2.05) is 91.9 Å². The molecule has 0 spiro atoms. The number of carbonyl (C=O) groups excluding carboxylic acids is 3. The average molecular weight is 710 g/mol. The number of para-hydroxylation sites is 1. The average Bonchev–Trinajstić information content (AvgIpc) is 3.60. The number of carbonyl (C=O) groups is 3. The highest BCUT2D eigenvalue weighted by Gasteiger charge is 2.39. The Balaban J connectivity index is 1.40. The van der Waals surface area contributed by atoms with Crippen LogP contribution in [-0.2, 0) is 20.9 Å². The lowest BCUT2D eigenvalue weighted by Crippen LogP contribution is -2.50. The van der Waals surface area contributed by atoms with Crippen LogP contribution in [0.3, 0.4) is 0 Å². The maximum atomic E-state index is 14.7. The lowest BCUT2D eigenvalue weighted by Gasteiger charge is -2.29. The zero-order chi connectivity index (χ0) is 35.2. The second-order valence-corrected chi connectivity index (χ2v) is 14.2. The molecule has 1 heterocycles. The van der Waals surface area contributed by atoms with Gasteiger partial charge >= 0.3 is 0 Å². The fourth-order valence-electron chi connectivity index (χ4n) is 7.41. The Morgan fingerprint density at radius 1 is 0.880 bits per heavy atom. The molecule has 1 aliphatic carbocycles. The van der Waals surface area contributed by atoms with Crippen LogP contribution >= 0.6 is 23.2 Å². The second-order valence-electron chi connectivity index (χ2n) is 13.3. The van der Waals surface area contributed by atoms with Gasteiger partial charge in [0.1, 0.15) is 0 Å². The fraction of sp³-hybridized carbons (Fsp3) is 0.317. The van der Waals surface area contributed by atoms with E-state index < -0.39 is 23.9 Å². The van der Waals surface area contributed by atoms with Crippen molar-refractivity contribution in [2.75, 3.05) is 4.90 Å². The van der Waals surface area contributed by atoms with Gasteiger partial charge in [0, 0.05) is 38.6 Å². The third-order valence-electron chi connectivity index (χ3n) is 9.89. The van der Waals surface area contributed by atoms with Crippen LogP contribution in [0.2, 0.25) is 10.0 Å². The molecular formula is C41H42Cl2N4O3. The van der Waals surface area contributed by atoms with E-state index in [9.17, 15) is 14.4 Å². The summed E-state index contributed by atoms with van der Waals surface area (Å²) in [6.45, 7) is 2.20. The first-order chi connectivity index (χ1) is 24.2. The number of hydrogen-bond donors (Lipinski definition) is 2. The van der Waals surface area contributed by atoms with Crippen LogP contribution in [-0.4, -0.2) is 29.6 Å². The van der Waals surface area contributed by atoms with Crippen molar-refractivity contribution in [2.24, 2.45) is 28.5 Å². The van der Waals surface area contributed by atoms with E-state index in [0.717, 1.165) is 53.5 Å². The van der Waals surface area contributed by atoms with Crippen molar-refractivity contribution in [2.45, 2.75) is 64.6 Å². The molecule has 0 saturated heterocycles. The van der Waals surface area contributed by atoms with E-state index in [0.29, 0.717) is 46.6 Å². The zero-order valence-corrected chi connectivity index (χ0v) is 29.7. The highest BCUT2D eigenvalue weighted by atomic mass is 35.5. The SMILES string of the molecule is CCCC(C(N)=O)C(CC1CCCC1)C(=O)NC1N=C(c2ccccc2)c2ccccc2N(Cc2cccc(-c3ccc(Cl)cc3Cl)c2)C1=O. The third-order valence-corrected chi connectivity index (χ3v) is 10.4. The van der Waals surface area contributed by atoms with E-state index in [1.165, 1.54) is 0 Å². The van der Waals surface area contributed by atoms with Gasteiger partial charge in [-0.3, -0.25) is 14.4 Å². The van der Waals surface area contributed by atoms with E-state index >= 15 is 0 Å². The Bertz CT molecular complexity index is 1890. The molecular weight excluding hydrogens is 667 g/mol. The number of amides is 3. The minimum absolute atomic E-state index is 0.212. The van der Waals surface area contributed by atoms with E-state index in [2.05, 4.69) is 5.32 Å². The van der Waals surface area contributed by atoms with Crippen LogP contribution in [0.4, 0.5) is 5.69 Å². The highest BCUT2D eigenvalue weighted by Crippen LogP contribution is 2.36. The maximum Gasteiger partial charge on any atom is 0.272 e. The van der Waals surface area contributed by atoms with Crippen LogP contribution in [0, 0.1) is 17.8 Å². The third kappa shape index (κ3) is 7.95. The molecule has 6 rings (SSSR count). The molecule has 7 nitrogen and oxygen atoms in total. The van der Waals surface area contributed by atoms with Gasteiger partial charge in [0.2, 0.25) is 18.0 Å². The van der Waals surface area contributed by atoms with Crippen LogP contribution in [0.25, 0.3) is 11.1 Å². The molecule has 50 heavy (non-hydrogen) atoms. The molecule has 4 aromatic carbocycles. The van der Waals surface area contributed by atoms with Crippen LogP contribution in [0.15, 0.2) is 102 Å². The van der Waals surface area contributed by atoms with Crippen LogP contribution < -0.4 is 16.0 Å². The number of hydrogen-bond acceptors (Lipinski definition) is 4. The molecule has 0 aromatic heterocycles. The van der Waals surface area contributed by atoms with Gasteiger partial charge in [-0.05, 0) is 54.2 Å². The summed E-state index contributed by atoms with van der Waals surface area (Å²) in [5.74, 6) is -2.18. The molecule has 258 valence electrons. The van der Waals surface area contributed by atoms with Crippen LogP contribution in [0.1, 0.15) is 68.6 Å². The molecule has 4 aromatic rings. The van der Waals surface area contributed by atoms with Crippen molar-refractivity contribution < 1.29 is 14.4 Å². The molecule has 1 aliphatic heterocycles. The van der Waals surface area contributed by atoms with Gasteiger partial charge in [-0.2, -0.15) is 0 Å². The predicted octanol–water partition coefficient (Wildman–Crippen LogP) is 8.59. The Labute approximate surface area is 303 Å². The molecule has 1 fully saturated rings. The predicted molar refractivity (Wildman–Crippen MR) is 201 cm³/mol. The summed E-state index contributed by atoms with van der Waals surface area (Å²) in [4.78, 5) is 48.5. The number of halogens is 2. The monoisotopic (exact) mass is 708 g/mol. The molecule has 3 unspecified atom stereocenters. The molecule has 3 amide bonds. The van der Waals surface area contributed by atoms with Crippen molar-refractivity contribution in [1.82, 2.24) is 5.32 Å².